The molecule has 4 N–H and O–H groups in total. The highest BCUT2D eigenvalue weighted by molar-refractivity contribution is 8.76. The number of nitrogens with zero attached hydrogens (tertiary/aromatic N) is 2. The molecule has 0 aromatic heterocycles. The molecular formula is C18H30N4O2S2. The van der Waals surface area contributed by atoms with E-state index >= 15 is 0 Å². The van der Waals surface area contributed by atoms with E-state index in [1.807, 2.05) is 9.80 Å². The fraction of sp³-hybridized carbons (Fsp3) is 0.889. The van der Waals surface area contributed by atoms with Gasteiger partial charge in [-0.2, -0.15) is 0 Å². The van der Waals surface area contributed by atoms with Crippen LogP contribution >= 0.6 is 21.6 Å². The maximum atomic E-state index is 12.6. The van der Waals surface area contributed by atoms with E-state index in [0.29, 0.717) is 35.7 Å². The normalized spacial score (nSPS) is 24.8. The van der Waals surface area contributed by atoms with Gasteiger partial charge >= 0.3 is 0 Å². The minimum absolute atomic E-state index is 0.108. The Morgan fingerprint density at radius 2 is 0.962 bits per heavy atom. The number of carbonyl (C=O) groups excluding carboxylic acids is 2. The lowest BCUT2D eigenvalue weighted by Gasteiger charge is -2.26. The summed E-state index contributed by atoms with van der Waals surface area (Å²) in [6, 6.07) is 0.882. The molecule has 4 fully saturated rings. The highest BCUT2D eigenvalue weighted by Gasteiger charge is 2.44. The highest BCUT2D eigenvalue weighted by atomic mass is 33.1. The first-order valence-corrected chi connectivity index (χ1v) is 12.4. The largest absolute Gasteiger partial charge is 0.335 e. The molecule has 26 heavy (non-hydrogen) atoms. The van der Waals surface area contributed by atoms with Gasteiger partial charge in [0.15, 0.2) is 0 Å². The molecule has 0 radical (unpaired) electrons. The molecule has 2 amide bonds. The van der Waals surface area contributed by atoms with Gasteiger partial charge in [0.05, 0.1) is 12.1 Å². The summed E-state index contributed by atoms with van der Waals surface area (Å²) in [5.41, 5.74) is 12.3. The molecular weight excluding hydrogens is 368 g/mol. The lowest BCUT2D eigenvalue weighted by molar-refractivity contribution is -0.134. The van der Waals surface area contributed by atoms with Crippen molar-refractivity contribution >= 4 is 33.4 Å². The van der Waals surface area contributed by atoms with Crippen LogP contribution in [0.5, 0.6) is 0 Å². The third-order valence-electron chi connectivity index (χ3n) is 5.48. The van der Waals surface area contributed by atoms with Crippen molar-refractivity contribution in [3.05, 3.63) is 0 Å². The van der Waals surface area contributed by atoms with Crippen molar-refractivity contribution in [2.75, 3.05) is 11.5 Å². The van der Waals surface area contributed by atoms with Gasteiger partial charge in [0.1, 0.15) is 0 Å². The predicted molar refractivity (Wildman–Crippen MR) is 107 cm³/mol. The molecule has 2 atom stereocenters. The van der Waals surface area contributed by atoms with Crippen molar-refractivity contribution in [2.45, 2.75) is 87.6 Å². The lowest BCUT2D eigenvalue weighted by Crippen LogP contribution is -2.47. The van der Waals surface area contributed by atoms with E-state index in [2.05, 4.69) is 0 Å². The van der Waals surface area contributed by atoms with E-state index in [-0.39, 0.29) is 11.8 Å². The van der Waals surface area contributed by atoms with Crippen LogP contribution in [0.4, 0.5) is 0 Å². The zero-order valence-corrected chi connectivity index (χ0v) is 16.9. The summed E-state index contributed by atoms with van der Waals surface area (Å²) < 4.78 is 0. The highest BCUT2D eigenvalue weighted by Crippen LogP contribution is 2.39. The minimum atomic E-state index is -0.449. The van der Waals surface area contributed by atoms with Crippen molar-refractivity contribution in [1.82, 2.24) is 9.80 Å². The molecule has 8 heteroatoms. The standard InChI is InChI=1S/C18H30N4O2S2/c19-15(17(23)21(11-1-2-11)12-3-4-12)9-25-26-10-16(20)18(24)22(13-5-6-13)14-7-8-14/h11-16H,1-10,19-20H2/t15-,16?/m0/s1. The second-order valence-electron chi connectivity index (χ2n) is 8.20. The Kier molecular flexibility index (Phi) is 5.74. The van der Waals surface area contributed by atoms with E-state index in [0.717, 1.165) is 51.4 Å². The first-order chi connectivity index (χ1) is 12.6. The summed E-state index contributed by atoms with van der Waals surface area (Å²) in [6.45, 7) is 0. The lowest BCUT2D eigenvalue weighted by atomic mass is 10.3. The number of nitrogens with two attached hydrogens (primary N) is 2. The topological polar surface area (TPSA) is 92.7 Å². The Morgan fingerprint density at radius 3 is 1.19 bits per heavy atom. The van der Waals surface area contributed by atoms with E-state index in [9.17, 15) is 9.59 Å². The van der Waals surface area contributed by atoms with Crippen LogP contribution in [0.15, 0.2) is 0 Å². The molecule has 6 nitrogen and oxygen atoms in total. The SMILES string of the molecule is NC(CSSC[C@H](N)C(=O)N(C1CC1)C1CC1)C(=O)N(C1CC1)C1CC1. The average Bonchev–Trinajstić information content (AvgIpc) is 3.48. The van der Waals surface area contributed by atoms with Crippen LogP contribution in [0.3, 0.4) is 0 Å². The van der Waals surface area contributed by atoms with Gasteiger partial charge in [-0.3, -0.25) is 9.59 Å². The molecule has 0 bridgehead atoms. The van der Waals surface area contributed by atoms with Gasteiger partial charge in [-0.15, -0.1) is 0 Å². The fourth-order valence-corrected chi connectivity index (χ4v) is 5.72. The van der Waals surface area contributed by atoms with E-state index in [1.165, 1.54) is 0 Å². The second kappa shape index (κ2) is 7.89. The van der Waals surface area contributed by atoms with E-state index in [4.69, 9.17) is 11.5 Å². The predicted octanol–water partition coefficient (Wildman–Crippen LogP) is 1.33. The van der Waals surface area contributed by atoms with Crippen LogP contribution in [0, 0.1) is 0 Å². The molecule has 4 aliphatic carbocycles. The van der Waals surface area contributed by atoms with Crippen LogP contribution in [0.1, 0.15) is 51.4 Å². The van der Waals surface area contributed by atoms with Gasteiger partial charge in [-0.1, -0.05) is 21.6 Å². The maximum Gasteiger partial charge on any atom is 0.240 e. The smallest absolute Gasteiger partial charge is 0.240 e. The monoisotopic (exact) mass is 398 g/mol. The molecule has 0 heterocycles. The summed E-state index contributed by atoms with van der Waals surface area (Å²) >= 11 is 0. The summed E-state index contributed by atoms with van der Waals surface area (Å²) in [5.74, 6) is 1.37. The molecule has 4 saturated carbocycles. The van der Waals surface area contributed by atoms with Gasteiger partial charge in [0.2, 0.25) is 11.8 Å². The summed E-state index contributed by atoms with van der Waals surface area (Å²) in [6.07, 6.45) is 9.05. The third-order valence-corrected chi connectivity index (χ3v) is 7.96. The summed E-state index contributed by atoms with van der Waals surface area (Å²) in [4.78, 5) is 29.3. The van der Waals surface area contributed by atoms with Crippen LogP contribution in [-0.2, 0) is 9.59 Å². The zero-order chi connectivity index (χ0) is 18.3. The molecule has 4 aliphatic rings. The Labute approximate surface area is 163 Å². The van der Waals surface area contributed by atoms with Crippen molar-refractivity contribution in [3.8, 4) is 0 Å². The van der Waals surface area contributed by atoms with Gasteiger partial charge in [0, 0.05) is 35.7 Å². The van der Waals surface area contributed by atoms with Gasteiger partial charge < -0.3 is 21.3 Å². The van der Waals surface area contributed by atoms with Gasteiger partial charge in [0.25, 0.3) is 0 Å². The fourth-order valence-electron chi connectivity index (χ4n) is 3.50. The minimum Gasteiger partial charge on any atom is -0.335 e. The van der Waals surface area contributed by atoms with Crippen molar-refractivity contribution in [1.29, 1.82) is 0 Å². The van der Waals surface area contributed by atoms with Crippen LogP contribution in [-0.4, -0.2) is 69.4 Å². The summed E-state index contributed by atoms with van der Waals surface area (Å²) in [5, 5.41) is 0. The van der Waals surface area contributed by atoms with Crippen molar-refractivity contribution < 1.29 is 9.59 Å². The van der Waals surface area contributed by atoms with Crippen molar-refractivity contribution in [3.63, 3.8) is 0 Å². The quantitative estimate of drug-likeness (QED) is 0.403. The third kappa shape index (κ3) is 4.69. The molecule has 0 saturated heterocycles. The van der Waals surface area contributed by atoms with Gasteiger partial charge in [-0.25, -0.2) is 0 Å². The van der Waals surface area contributed by atoms with Crippen LogP contribution in [0.2, 0.25) is 0 Å². The molecule has 1 unspecified atom stereocenters. The Morgan fingerprint density at radius 1 is 0.692 bits per heavy atom. The number of hydrogen-bond donors (Lipinski definition) is 2. The number of hydrogen-bond acceptors (Lipinski definition) is 6. The number of carbonyl (C=O) groups is 2. The molecule has 0 aromatic carbocycles. The van der Waals surface area contributed by atoms with Gasteiger partial charge in [-0.05, 0) is 51.4 Å². The molecule has 146 valence electrons. The molecule has 0 aliphatic heterocycles. The van der Waals surface area contributed by atoms with E-state index in [1.54, 1.807) is 21.6 Å². The van der Waals surface area contributed by atoms with Crippen molar-refractivity contribution in [2.24, 2.45) is 11.5 Å². The maximum absolute atomic E-state index is 12.6. The van der Waals surface area contributed by atoms with Crippen LogP contribution < -0.4 is 11.5 Å². The number of amides is 2. The summed E-state index contributed by atoms with van der Waals surface area (Å²) in [7, 11) is 3.14. The first kappa shape index (κ1) is 18.9. The Hall–Kier alpha value is -0.440. The Bertz CT molecular complexity index is 475. The number of rotatable bonds is 11. The van der Waals surface area contributed by atoms with Crippen LogP contribution in [0.25, 0.3) is 0 Å². The molecule has 0 spiro atoms. The first-order valence-electron chi connectivity index (χ1n) is 9.96. The zero-order valence-electron chi connectivity index (χ0n) is 15.2. The average molecular weight is 399 g/mol. The second-order valence-corrected chi connectivity index (χ2v) is 10.8. The molecule has 4 rings (SSSR count). The molecule has 0 aromatic rings. The van der Waals surface area contributed by atoms with E-state index < -0.39 is 12.1 Å². The Balaban J connectivity index is 1.16.